The summed E-state index contributed by atoms with van der Waals surface area (Å²) in [5, 5.41) is 23.9. The Morgan fingerprint density at radius 1 is 1.18 bits per heavy atom. The lowest BCUT2D eigenvalue weighted by molar-refractivity contribution is -0.161. The Bertz CT molecular complexity index is 1640. The number of rotatable bonds is 6. The lowest BCUT2D eigenvalue weighted by Gasteiger charge is -2.44. The summed E-state index contributed by atoms with van der Waals surface area (Å²) in [7, 11) is 0. The molecule has 13 nitrogen and oxygen atoms in total. The molecule has 1 aromatic carbocycles. The highest BCUT2D eigenvalue weighted by molar-refractivity contribution is 9.10. The van der Waals surface area contributed by atoms with E-state index in [4.69, 9.17) is 0 Å². The van der Waals surface area contributed by atoms with Gasteiger partial charge < -0.3 is 30.7 Å². The number of H-pyrrole nitrogens is 1. The highest BCUT2D eigenvalue weighted by Gasteiger charge is 2.64. The molecule has 40 heavy (non-hydrogen) atoms. The molecular weight excluding hydrogens is 608 g/mol. The number of aromatic nitrogens is 3. The van der Waals surface area contributed by atoms with Crippen molar-refractivity contribution in [1.29, 1.82) is 0 Å². The Morgan fingerprint density at radius 3 is 2.50 bits per heavy atom. The van der Waals surface area contributed by atoms with Crippen LogP contribution >= 0.6 is 27.7 Å². The van der Waals surface area contributed by atoms with Crippen molar-refractivity contribution < 1.29 is 29.4 Å². The van der Waals surface area contributed by atoms with E-state index in [1.54, 1.807) is 26.8 Å². The summed E-state index contributed by atoms with van der Waals surface area (Å²) in [5.74, 6) is -3.51. The summed E-state index contributed by atoms with van der Waals surface area (Å²) in [6, 6.07) is 3.58. The van der Waals surface area contributed by atoms with Gasteiger partial charge in [-0.05, 0) is 60.5 Å². The number of fused-ring (bicyclic) bond motifs is 2. The number of aromatic hydroxyl groups is 1. The van der Waals surface area contributed by atoms with Gasteiger partial charge in [0.25, 0.3) is 11.5 Å². The lowest BCUT2D eigenvalue weighted by Crippen LogP contribution is -2.71. The maximum atomic E-state index is 13.5. The highest BCUT2D eigenvalue weighted by Crippen LogP contribution is 2.50. The number of carbonyl (C=O) groups is 4. The number of β-lactam (4-membered cyclic amide) rings is 1. The van der Waals surface area contributed by atoms with Crippen molar-refractivity contribution in [3.05, 3.63) is 62.1 Å². The largest absolute Gasteiger partial charge is 0.508 e. The van der Waals surface area contributed by atoms with Crippen molar-refractivity contribution in [2.45, 2.75) is 49.0 Å². The third kappa shape index (κ3) is 4.68. The van der Waals surface area contributed by atoms with Gasteiger partial charge in [0.15, 0.2) is 11.3 Å². The first kappa shape index (κ1) is 27.6. The van der Waals surface area contributed by atoms with Crippen LogP contribution in [0.2, 0.25) is 0 Å². The fourth-order valence-corrected chi connectivity index (χ4v) is 6.72. The molecule has 2 unspecified atom stereocenters. The SMILES string of the molecule is Cc1nc2[nH]c(=O)c(C(=O)NC(C(=O)NC3C(=O)N4[C@@H]3SC(C)(C)[C@@H]4C(=O)O)c3ccc(O)cc3)nc2cc1Br. The molecule has 15 heteroatoms. The minimum absolute atomic E-state index is 0.0793. The fourth-order valence-electron chi connectivity index (χ4n) is 4.79. The number of benzene rings is 1. The molecule has 4 heterocycles. The van der Waals surface area contributed by atoms with Crippen molar-refractivity contribution in [3.8, 4) is 5.75 Å². The number of nitrogens with zero attached hydrogens (tertiary/aromatic N) is 3. The molecule has 5 N–H and O–H groups in total. The zero-order valence-corrected chi connectivity index (χ0v) is 23.7. The number of phenolic OH excluding ortho intramolecular Hbond substituents is 1. The van der Waals surface area contributed by atoms with Crippen molar-refractivity contribution in [2.24, 2.45) is 0 Å². The van der Waals surface area contributed by atoms with Crippen LogP contribution in [0.1, 0.15) is 41.6 Å². The van der Waals surface area contributed by atoms with Crippen LogP contribution in [0.4, 0.5) is 0 Å². The van der Waals surface area contributed by atoms with Gasteiger partial charge in [0, 0.05) is 9.22 Å². The van der Waals surface area contributed by atoms with Gasteiger partial charge >= 0.3 is 5.97 Å². The minimum Gasteiger partial charge on any atom is -0.508 e. The van der Waals surface area contributed by atoms with Crippen LogP contribution in [0.5, 0.6) is 5.75 Å². The van der Waals surface area contributed by atoms with Crippen LogP contribution in [0.3, 0.4) is 0 Å². The van der Waals surface area contributed by atoms with E-state index in [1.807, 2.05) is 0 Å². The zero-order valence-electron chi connectivity index (χ0n) is 21.3. The van der Waals surface area contributed by atoms with E-state index in [-0.39, 0.29) is 22.5 Å². The summed E-state index contributed by atoms with van der Waals surface area (Å²) in [6.07, 6.45) is 0. The third-order valence-corrected chi connectivity index (χ3v) is 9.14. The number of carbonyl (C=O) groups excluding carboxylic acids is 3. The second kappa shape index (κ2) is 9.89. The molecule has 3 amide bonds. The quantitative estimate of drug-likeness (QED) is 0.247. The van der Waals surface area contributed by atoms with Crippen molar-refractivity contribution in [1.82, 2.24) is 30.5 Å². The van der Waals surface area contributed by atoms with Crippen LogP contribution < -0.4 is 16.2 Å². The molecule has 2 fully saturated rings. The van der Waals surface area contributed by atoms with Gasteiger partial charge in [-0.3, -0.25) is 19.2 Å². The number of nitrogens with one attached hydrogen (secondary N) is 3. The molecule has 0 spiro atoms. The van der Waals surface area contributed by atoms with Gasteiger partial charge in [-0.1, -0.05) is 12.1 Å². The lowest BCUT2D eigenvalue weighted by atomic mass is 9.95. The molecule has 3 aromatic rings. The maximum Gasteiger partial charge on any atom is 0.327 e. The molecule has 0 aliphatic carbocycles. The smallest absolute Gasteiger partial charge is 0.327 e. The summed E-state index contributed by atoms with van der Waals surface area (Å²) < 4.78 is -0.175. The molecule has 2 aromatic heterocycles. The van der Waals surface area contributed by atoms with Gasteiger partial charge in [0.2, 0.25) is 11.8 Å². The number of carboxylic acid groups (broad SMARTS) is 1. The number of amides is 3. The summed E-state index contributed by atoms with van der Waals surface area (Å²) in [4.78, 5) is 76.2. The number of aromatic amines is 1. The van der Waals surface area contributed by atoms with E-state index < -0.39 is 63.2 Å². The van der Waals surface area contributed by atoms with Crippen LogP contribution in [-0.4, -0.2) is 76.0 Å². The first-order valence-electron chi connectivity index (χ1n) is 12.0. The van der Waals surface area contributed by atoms with Crippen LogP contribution in [-0.2, 0) is 14.4 Å². The van der Waals surface area contributed by atoms with Gasteiger partial charge in [0.05, 0.1) is 5.69 Å². The normalized spacial score (nSPS) is 21.9. The number of halogens is 1. The van der Waals surface area contributed by atoms with Crippen molar-refractivity contribution >= 4 is 62.5 Å². The number of pyridine rings is 1. The van der Waals surface area contributed by atoms with Crippen molar-refractivity contribution in [2.75, 3.05) is 0 Å². The molecule has 208 valence electrons. The second-order valence-electron chi connectivity index (χ2n) is 9.92. The van der Waals surface area contributed by atoms with E-state index in [2.05, 4.69) is 41.5 Å². The Hall–Kier alpha value is -3.98. The van der Waals surface area contributed by atoms with Crippen molar-refractivity contribution in [3.63, 3.8) is 0 Å². The molecule has 2 aliphatic rings. The predicted octanol–water partition coefficient (Wildman–Crippen LogP) is 1.20. The molecule has 2 saturated heterocycles. The van der Waals surface area contributed by atoms with Crippen LogP contribution in [0.15, 0.2) is 39.6 Å². The number of carboxylic acids is 1. The van der Waals surface area contributed by atoms with Gasteiger partial charge in [-0.2, -0.15) is 0 Å². The molecule has 0 saturated carbocycles. The molecule has 5 rings (SSSR count). The van der Waals surface area contributed by atoms with Gasteiger partial charge in [-0.15, -0.1) is 11.8 Å². The second-order valence-corrected chi connectivity index (χ2v) is 12.5. The first-order chi connectivity index (χ1) is 18.8. The Kier molecular flexibility index (Phi) is 6.82. The van der Waals surface area contributed by atoms with Crippen LogP contribution in [0.25, 0.3) is 11.2 Å². The number of phenols is 1. The number of aryl methyl sites for hydroxylation is 1. The minimum atomic E-state index is -1.38. The van der Waals surface area contributed by atoms with E-state index in [0.717, 1.165) is 0 Å². The van der Waals surface area contributed by atoms with E-state index in [0.29, 0.717) is 10.2 Å². The van der Waals surface area contributed by atoms with E-state index in [9.17, 15) is 34.2 Å². The third-order valence-electron chi connectivity index (χ3n) is 6.76. The molecule has 0 radical (unpaired) electrons. The van der Waals surface area contributed by atoms with Crippen LogP contribution in [0, 0.1) is 6.92 Å². The maximum absolute atomic E-state index is 13.5. The average molecular weight is 631 g/mol. The Labute approximate surface area is 238 Å². The number of hydrogen-bond donors (Lipinski definition) is 5. The molecule has 0 bridgehead atoms. The van der Waals surface area contributed by atoms with E-state index >= 15 is 0 Å². The van der Waals surface area contributed by atoms with Gasteiger partial charge in [-0.25, -0.2) is 14.8 Å². The Balaban J connectivity index is 1.42. The van der Waals surface area contributed by atoms with Gasteiger partial charge in [0.1, 0.15) is 34.8 Å². The average Bonchev–Trinajstić information content (AvgIpc) is 3.14. The highest BCUT2D eigenvalue weighted by atomic mass is 79.9. The molecular formula is C25H23BrN6O7S. The first-order valence-corrected chi connectivity index (χ1v) is 13.7. The van der Waals surface area contributed by atoms with E-state index in [1.165, 1.54) is 40.9 Å². The number of thioether (sulfide) groups is 1. The number of aliphatic carboxylic acids is 1. The topological polar surface area (TPSA) is 195 Å². The summed E-state index contributed by atoms with van der Waals surface area (Å²) in [5.41, 5.74) is -0.0501. The molecule has 2 aliphatic heterocycles. The summed E-state index contributed by atoms with van der Waals surface area (Å²) in [6.45, 7) is 5.15. The molecule has 4 atom stereocenters. The zero-order chi connectivity index (χ0) is 29.1. The predicted molar refractivity (Wildman–Crippen MR) is 147 cm³/mol. The number of hydrogen-bond acceptors (Lipinski definition) is 9. The Morgan fingerprint density at radius 2 is 1.85 bits per heavy atom. The monoisotopic (exact) mass is 630 g/mol. The summed E-state index contributed by atoms with van der Waals surface area (Å²) >= 11 is 4.59. The standard InChI is InChI=1S/C25H23BrN6O7S/c1-9-12(26)8-13-18(27-9)31-21(36)15(28-13)20(35)29-14(10-4-6-11(33)7-5-10)19(34)30-16-22(37)32-17(24(38)39)25(2,3)40-23(16)32/h4-8,14,16-17,23,33H,1-3H3,(H,29,35)(H,30,34)(H,38,39)(H,27,31,36)/t14?,16?,17-,23+/m0/s1. The fraction of sp³-hybridized carbons (Fsp3) is 0.320.